The molecular weight excluding hydrogens is 320 g/mol. The maximum absolute atomic E-state index is 5.94. The van der Waals surface area contributed by atoms with Crippen LogP contribution < -0.4 is 0 Å². The van der Waals surface area contributed by atoms with Gasteiger partial charge in [-0.1, -0.05) is 50.0 Å². The molecule has 0 aliphatic heterocycles. The predicted molar refractivity (Wildman–Crippen MR) is 107 cm³/mol. The van der Waals surface area contributed by atoms with Crippen LogP contribution in [-0.4, -0.2) is 26.4 Å². The fourth-order valence-electron chi connectivity index (χ4n) is 5.76. The first kappa shape index (κ1) is 18.7. The first-order valence-corrected chi connectivity index (χ1v) is 11.4. The monoisotopic (exact) mass is 358 g/mol. The van der Waals surface area contributed by atoms with Gasteiger partial charge in [0.25, 0.3) is 0 Å². The highest BCUT2D eigenvalue weighted by Crippen LogP contribution is 2.44. The summed E-state index contributed by atoms with van der Waals surface area (Å²) in [6.45, 7) is 3.94. The van der Waals surface area contributed by atoms with Crippen molar-refractivity contribution >= 4 is 0 Å². The van der Waals surface area contributed by atoms with Gasteiger partial charge in [0.1, 0.15) is 0 Å². The number of rotatable bonds is 13. The van der Waals surface area contributed by atoms with Crippen molar-refractivity contribution in [3.05, 3.63) is 24.3 Å². The van der Waals surface area contributed by atoms with E-state index in [1.165, 1.54) is 64.2 Å². The molecule has 0 aromatic rings. The van der Waals surface area contributed by atoms with Crippen LogP contribution in [0.25, 0.3) is 0 Å². The molecule has 6 atom stereocenters. The second kappa shape index (κ2) is 9.55. The Morgan fingerprint density at radius 2 is 1.00 bits per heavy atom. The minimum atomic E-state index is 0.820. The first-order chi connectivity index (χ1) is 12.9. The van der Waals surface area contributed by atoms with E-state index in [9.17, 15) is 0 Å². The zero-order valence-electron chi connectivity index (χ0n) is 16.5. The Bertz CT molecular complexity index is 439. The van der Waals surface area contributed by atoms with Crippen molar-refractivity contribution in [2.75, 3.05) is 26.4 Å². The van der Waals surface area contributed by atoms with Crippen molar-refractivity contribution < 1.29 is 9.47 Å². The molecule has 0 radical (unpaired) electrons. The Morgan fingerprint density at radius 1 is 0.538 bits per heavy atom. The minimum Gasteiger partial charge on any atom is -0.381 e. The van der Waals surface area contributed by atoms with Crippen LogP contribution in [0, 0.1) is 35.5 Å². The molecule has 0 N–H and O–H groups in total. The lowest BCUT2D eigenvalue weighted by Gasteiger charge is -2.18. The molecule has 4 rings (SSSR count). The molecule has 4 bridgehead atoms. The van der Waals surface area contributed by atoms with Crippen LogP contribution in [0.3, 0.4) is 0 Å². The Hall–Kier alpha value is -0.600. The Kier molecular flexibility index (Phi) is 6.89. The third-order valence-corrected chi connectivity index (χ3v) is 7.32. The quantitative estimate of drug-likeness (QED) is 0.307. The molecule has 2 fully saturated rings. The third kappa shape index (κ3) is 5.01. The summed E-state index contributed by atoms with van der Waals surface area (Å²) in [4.78, 5) is 0. The molecule has 4 aliphatic carbocycles. The summed E-state index contributed by atoms with van der Waals surface area (Å²) in [6, 6.07) is 0. The number of fused-ring (bicyclic) bond motifs is 4. The van der Waals surface area contributed by atoms with Crippen molar-refractivity contribution in [3.63, 3.8) is 0 Å². The summed E-state index contributed by atoms with van der Waals surface area (Å²) in [5, 5.41) is 0. The molecular formula is C24H38O2. The topological polar surface area (TPSA) is 18.5 Å². The summed E-state index contributed by atoms with van der Waals surface area (Å²) in [5.74, 6) is 5.07. The zero-order valence-corrected chi connectivity index (χ0v) is 16.5. The van der Waals surface area contributed by atoms with Crippen LogP contribution in [0.5, 0.6) is 0 Å². The van der Waals surface area contributed by atoms with Crippen LogP contribution in [0.2, 0.25) is 0 Å². The fraction of sp³-hybridized carbons (Fsp3) is 0.833. The maximum atomic E-state index is 5.94. The van der Waals surface area contributed by atoms with E-state index in [1.54, 1.807) is 0 Å². The number of hydrogen-bond acceptors (Lipinski definition) is 2. The van der Waals surface area contributed by atoms with E-state index >= 15 is 0 Å². The number of allylic oxidation sites excluding steroid dienone is 4. The first-order valence-electron chi connectivity index (χ1n) is 11.4. The summed E-state index contributed by atoms with van der Waals surface area (Å²) < 4.78 is 11.9. The second-order valence-corrected chi connectivity index (χ2v) is 9.35. The van der Waals surface area contributed by atoms with E-state index in [1.807, 2.05) is 0 Å². The lowest BCUT2D eigenvalue weighted by Crippen LogP contribution is -2.15. The highest BCUT2D eigenvalue weighted by atomic mass is 16.5. The summed E-state index contributed by atoms with van der Waals surface area (Å²) in [5.41, 5.74) is 0. The van der Waals surface area contributed by atoms with Gasteiger partial charge in [-0.25, -0.2) is 0 Å². The Balaban J connectivity index is 0.897. The van der Waals surface area contributed by atoms with Gasteiger partial charge in [0.15, 0.2) is 0 Å². The number of hydrogen-bond donors (Lipinski definition) is 0. The molecule has 146 valence electrons. The highest BCUT2D eigenvalue weighted by Gasteiger charge is 2.36. The van der Waals surface area contributed by atoms with Crippen LogP contribution >= 0.6 is 0 Å². The molecule has 5 unspecified atom stereocenters. The van der Waals surface area contributed by atoms with Crippen LogP contribution in [0.4, 0.5) is 0 Å². The van der Waals surface area contributed by atoms with E-state index in [-0.39, 0.29) is 0 Å². The molecule has 2 saturated carbocycles. The normalized spacial score (nSPS) is 36.6. The Morgan fingerprint density at radius 3 is 1.38 bits per heavy atom. The predicted octanol–water partition coefficient (Wildman–Crippen LogP) is 5.78. The average Bonchev–Trinajstić information content (AvgIpc) is 3.44. The summed E-state index contributed by atoms with van der Waals surface area (Å²) in [6.07, 6.45) is 23.1. The van der Waals surface area contributed by atoms with E-state index in [2.05, 4.69) is 24.3 Å². The number of ether oxygens (including phenoxy) is 2. The smallest absolute Gasteiger partial charge is 0.0500 e. The summed E-state index contributed by atoms with van der Waals surface area (Å²) in [7, 11) is 0. The summed E-state index contributed by atoms with van der Waals surface area (Å²) >= 11 is 0. The fourth-order valence-corrected chi connectivity index (χ4v) is 5.76. The zero-order chi connectivity index (χ0) is 17.6. The third-order valence-electron chi connectivity index (χ3n) is 7.32. The lowest BCUT2D eigenvalue weighted by molar-refractivity contribution is 0.0857. The SMILES string of the molecule is C1=CC2CC1CC2COCCCCCCCCOCC1CC2C=C[C@H]1C2. The van der Waals surface area contributed by atoms with Gasteiger partial charge in [0.2, 0.25) is 0 Å². The number of unbranched alkanes of at least 4 members (excludes halogenated alkanes) is 5. The largest absolute Gasteiger partial charge is 0.381 e. The van der Waals surface area contributed by atoms with E-state index in [0.717, 1.165) is 61.9 Å². The lowest BCUT2D eigenvalue weighted by atomic mass is 9.95. The highest BCUT2D eigenvalue weighted by molar-refractivity contribution is 5.10. The van der Waals surface area contributed by atoms with Crippen molar-refractivity contribution in [3.8, 4) is 0 Å². The molecule has 0 aromatic heterocycles. The van der Waals surface area contributed by atoms with Gasteiger partial charge < -0.3 is 9.47 Å². The van der Waals surface area contributed by atoms with Gasteiger partial charge in [-0.05, 0) is 74.0 Å². The average molecular weight is 359 g/mol. The van der Waals surface area contributed by atoms with E-state index < -0.39 is 0 Å². The van der Waals surface area contributed by atoms with Crippen molar-refractivity contribution in [2.45, 2.75) is 64.2 Å². The molecule has 2 nitrogen and oxygen atoms in total. The van der Waals surface area contributed by atoms with Crippen LogP contribution in [0.15, 0.2) is 24.3 Å². The maximum Gasteiger partial charge on any atom is 0.0500 e. The van der Waals surface area contributed by atoms with Crippen LogP contribution in [-0.2, 0) is 9.47 Å². The molecule has 0 saturated heterocycles. The molecule has 2 heteroatoms. The standard InChI is InChI=1S/C24H38O2/c1(3-5-11-25-17-23-15-19-7-9-21(23)13-19)2-4-6-12-26-18-24-16-20-8-10-22(24)14-20/h7-10,19-24H,1-6,11-18H2/t19?,20?,21-,22?,23?,24?/m0/s1. The van der Waals surface area contributed by atoms with E-state index in [0.29, 0.717) is 0 Å². The van der Waals surface area contributed by atoms with Crippen molar-refractivity contribution in [1.82, 2.24) is 0 Å². The second-order valence-electron chi connectivity index (χ2n) is 9.35. The minimum absolute atomic E-state index is 0.820. The van der Waals surface area contributed by atoms with Gasteiger partial charge in [-0.2, -0.15) is 0 Å². The molecule has 0 spiro atoms. The van der Waals surface area contributed by atoms with Gasteiger partial charge in [-0.3, -0.25) is 0 Å². The molecule has 0 amide bonds. The molecule has 0 aromatic carbocycles. The molecule has 26 heavy (non-hydrogen) atoms. The van der Waals surface area contributed by atoms with Crippen molar-refractivity contribution in [1.29, 1.82) is 0 Å². The van der Waals surface area contributed by atoms with Gasteiger partial charge in [-0.15, -0.1) is 0 Å². The van der Waals surface area contributed by atoms with Gasteiger partial charge >= 0.3 is 0 Å². The van der Waals surface area contributed by atoms with Gasteiger partial charge in [0.05, 0.1) is 0 Å². The van der Waals surface area contributed by atoms with Crippen LogP contribution in [0.1, 0.15) is 64.2 Å². The van der Waals surface area contributed by atoms with Gasteiger partial charge in [0, 0.05) is 26.4 Å². The van der Waals surface area contributed by atoms with Crippen molar-refractivity contribution in [2.24, 2.45) is 35.5 Å². The van der Waals surface area contributed by atoms with E-state index in [4.69, 9.17) is 9.47 Å². The molecule has 4 aliphatic rings. The Labute approximate surface area is 160 Å². The molecule has 0 heterocycles.